The van der Waals surface area contributed by atoms with Crippen LogP contribution in [0.5, 0.6) is 0 Å². The number of hydrogen-bond acceptors (Lipinski definition) is 3. The zero-order valence-corrected chi connectivity index (χ0v) is 9.42. The van der Waals surface area contributed by atoms with Crippen molar-refractivity contribution in [2.24, 2.45) is 0 Å². The molecular weight excluding hydrogens is 239 g/mol. The molecule has 1 heterocycles. The van der Waals surface area contributed by atoms with Crippen molar-refractivity contribution in [3.8, 4) is 5.69 Å². The lowest BCUT2D eigenvalue weighted by Crippen LogP contribution is -2.20. The van der Waals surface area contributed by atoms with E-state index in [4.69, 9.17) is 5.11 Å². The predicted octanol–water partition coefficient (Wildman–Crippen LogP) is 1.38. The van der Waals surface area contributed by atoms with Crippen molar-refractivity contribution in [3.05, 3.63) is 57.8 Å². The molecule has 1 aromatic heterocycles. The zero-order chi connectivity index (χ0) is 13.3. The number of rotatable bonds is 2. The van der Waals surface area contributed by atoms with E-state index in [9.17, 15) is 14.0 Å². The second-order valence-electron chi connectivity index (χ2n) is 3.77. The van der Waals surface area contributed by atoms with Crippen LogP contribution in [0.15, 0.2) is 35.3 Å². The summed E-state index contributed by atoms with van der Waals surface area (Å²) in [7, 11) is 0. The van der Waals surface area contributed by atoms with E-state index in [-0.39, 0.29) is 0 Å². The summed E-state index contributed by atoms with van der Waals surface area (Å²) < 4.78 is 14.4. The molecule has 0 spiro atoms. The van der Waals surface area contributed by atoms with E-state index in [1.165, 1.54) is 18.3 Å². The molecule has 0 unspecified atom stereocenters. The van der Waals surface area contributed by atoms with Crippen molar-refractivity contribution in [1.29, 1.82) is 0 Å². The van der Waals surface area contributed by atoms with Crippen molar-refractivity contribution in [3.63, 3.8) is 0 Å². The molecule has 92 valence electrons. The van der Waals surface area contributed by atoms with Crippen LogP contribution < -0.4 is 5.43 Å². The molecule has 0 amide bonds. The molecule has 0 bridgehead atoms. The number of halogens is 1. The van der Waals surface area contributed by atoms with Crippen LogP contribution >= 0.6 is 0 Å². The first-order valence-electron chi connectivity index (χ1n) is 5.08. The van der Waals surface area contributed by atoms with E-state index >= 15 is 0 Å². The molecule has 18 heavy (non-hydrogen) atoms. The maximum absolute atomic E-state index is 13.2. The molecule has 5 nitrogen and oxygen atoms in total. The van der Waals surface area contributed by atoms with Gasteiger partial charge in [-0.05, 0) is 30.7 Å². The summed E-state index contributed by atoms with van der Waals surface area (Å²) in [5.41, 5.74) is -0.260. The summed E-state index contributed by atoms with van der Waals surface area (Å²) in [4.78, 5) is 22.0. The fraction of sp³-hybridized carbons (Fsp3) is 0.0833. The average Bonchev–Trinajstić information content (AvgIpc) is 2.27. The third-order valence-electron chi connectivity index (χ3n) is 2.30. The molecule has 0 saturated heterocycles. The first-order chi connectivity index (χ1) is 8.47. The quantitative estimate of drug-likeness (QED) is 0.871. The second kappa shape index (κ2) is 4.40. The summed E-state index contributed by atoms with van der Waals surface area (Å²) in [5.74, 6) is -1.87. The van der Waals surface area contributed by atoms with Gasteiger partial charge in [-0.15, -0.1) is 0 Å². The van der Waals surface area contributed by atoms with Crippen molar-refractivity contribution in [2.45, 2.75) is 6.92 Å². The summed E-state index contributed by atoms with van der Waals surface area (Å²) in [6.45, 7) is 1.70. The lowest BCUT2D eigenvalue weighted by atomic mass is 10.2. The highest BCUT2D eigenvalue weighted by Gasteiger charge is 2.11. The molecule has 0 aliphatic carbocycles. The minimum atomic E-state index is -1.41. The van der Waals surface area contributed by atoms with Gasteiger partial charge in [0.1, 0.15) is 5.82 Å². The highest BCUT2D eigenvalue weighted by Crippen LogP contribution is 2.11. The Morgan fingerprint density at radius 3 is 2.72 bits per heavy atom. The van der Waals surface area contributed by atoms with Gasteiger partial charge < -0.3 is 5.11 Å². The highest BCUT2D eigenvalue weighted by atomic mass is 19.1. The lowest BCUT2D eigenvalue weighted by molar-refractivity contribution is 0.0687. The predicted molar refractivity (Wildman–Crippen MR) is 61.5 cm³/mol. The molecule has 0 radical (unpaired) electrons. The minimum absolute atomic E-state index is 0.356. The first-order valence-corrected chi connectivity index (χ1v) is 5.08. The summed E-state index contributed by atoms with van der Waals surface area (Å²) in [6, 6.07) is 5.25. The Balaban J connectivity index is 2.61. The monoisotopic (exact) mass is 248 g/mol. The maximum Gasteiger partial charge on any atom is 0.360 e. The van der Waals surface area contributed by atoms with Crippen LogP contribution in [0.25, 0.3) is 5.69 Å². The molecule has 0 aliphatic rings. The fourth-order valence-electron chi connectivity index (χ4n) is 1.55. The van der Waals surface area contributed by atoms with E-state index in [0.29, 0.717) is 11.3 Å². The van der Waals surface area contributed by atoms with E-state index < -0.39 is 22.9 Å². The van der Waals surface area contributed by atoms with Crippen molar-refractivity contribution in [1.82, 2.24) is 9.78 Å². The summed E-state index contributed by atoms with van der Waals surface area (Å²) in [5, 5.41) is 12.5. The van der Waals surface area contributed by atoms with Crippen LogP contribution in [-0.4, -0.2) is 20.9 Å². The fourth-order valence-corrected chi connectivity index (χ4v) is 1.55. The molecule has 0 aliphatic heterocycles. The normalized spacial score (nSPS) is 10.3. The Kier molecular flexibility index (Phi) is 2.93. The number of carboxylic acid groups (broad SMARTS) is 1. The minimum Gasteiger partial charge on any atom is -0.476 e. The van der Waals surface area contributed by atoms with Crippen LogP contribution in [0.3, 0.4) is 0 Å². The number of hydrogen-bond donors (Lipinski definition) is 1. The number of benzene rings is 1. The molecule has 0 saturated carbocycles. The van der Waals surface area contributed by atoms with Gasteiger partial charge in [-0.25, -0.2) is 13.9 Å². The van der Waals surface area contributed by atoms with E-state index in [0.717, 1.165) is 10.7 Å². The largest absolute Gasteiger partial charge is 0.476 e. The van der Waals surface area contributed by atoms with E-state index in [2.05, 4.69) is 5.10 Å². The lowest BCUT2D eigenvalue weighted by Gasteiger charge is -2.06. The molecule has 6 heteroatoms. The Morgan fingerprint density at radius 2 is 2.11 bits per heavy atom. The van der Waals surface area contributed by atoms with Crippen LogP contribution in [0.2, 0.25) is 0 Å². The van der Waals surface area contributed by atoms with Gasteiger partial charge in [0.2, 0.25) is 11.1 Å². The van der Waals surface area contributed by atoms with Gasteiger partial charge in [0, 0.05) is 12.3 Å². The molecular formula is C12H9FN2O3. The Morgan fingerprint density at radius 1 is 1.39 bits per heavy atom. The molecule has 2 rings (SSSR count). The van der Waals surface area contributed by atoms with Crippen LogP contribution in [0, 0.1) is 12.7 Å². The number of carbonyl (C=O) groups is 1. The van der Waals surface area contributed by atoms with Gasteiger partial charge in [0.05, 0.1) is 5.69 Å². The molecule has 1 N–H and O–H groups in total. The third-order valence-corrected chi connectivity index (χ3v) is 2.30. The highest BCUT2D eigenvalue weighted by molar-refractivity contribution is 5.84. The zero-order valence-electron chi connectivity index (χ0n) is 9.42. The van der Waals surface area contributed by atoms with Gasteiger partial charge in [-0.2, -0.15) is 5.10 Å². The Hall–Kier alpha value is -2.50. The topological polar surface area (TPSA) is 72.2 Å². The SMILES string of the molecule is Cc1cc(F)cc(-n2ccc(=O)c(C(=O)O)n2)c1. The van der Waals surface area contributed by atoms with Crippen molar-refractivity contribution in [2.75, 3.05) is 0 Å². The van der Waals surface area contributed by atoms with Crippen LogP contribution in [0.4, 0.5) is 4.39 Å². The van der Waals surface area contributed by atoms with Crippen molar-refractivity contribution >= 4 is 5.97 Å². The van der Waals surface area contributed by atoms with Gasteiger partial charge in [-0.3, -0.25) is 4.79 Å². The molecule has 2 aromatic rings. The third kappa shape index (κ3) is 2.27. The number of aromatic carboxylic acids is 1. The number of nitrogens with zero attached hydrogens (tertiary/aromatic N) is 2. The second-order valence-corrected chi connectivity index (χ2v) is 3.77. The standard InChI is InChI=1S/C12H9FN2O3/c1-7-4-8(13)6-9(5-7)15-3-2-10(16)11(14-15)12(17)18/h2-6H,1H3,(H,17,18). The van der Waals surface area contributed by atoms with Gasteiger partial charge in [-0.1, -0.05) is 0 Å². The van der Waals surface area contributed by atoms with Crippen molar-refractivity contribution < 1.29 is 14.3 Å². The van der Waals surface area contributed by atoms with E-state index in [1.807, 2.05) is 0 Å². The van der Waals surface area contributed by atoms with Crippen LogP contribution in [-0.2, 0) is 0 Å². The van der Waals surface area contributed by atoms with Gasteiger partial charge in [0.15, 0.2) is 0 Å². The number of carboxylic acids is 1. The average molecular weight is 248 g/mol. The number of aryl methyl sites for hydroxylation is 1. The number of aromatic nitrogens is 2. The smallest absolute Gasteiger partial charge is 0.360 e. The maximum atomic E-state index is 13.2. The first kappa shape index (κ1) is 12.0. The Labute approximate surface area is 101 Å². The van der Waals surface area contributed by atoms with Crippen LogP contribution in [0.1, 0.15) is 16.1 Å². The Bertz CT molecular complexity index is 659. The summed E-state index contributed by atoms with van der Waals surface area (Å²) in [6.07, 6.45) is 1.29. The molecule has 0 atom stereocenters. The molecule has 0 fully saturated rings. The van der Waals surface area contributed by atoms with Gasteiger partial charge >= 0.3 is 5.97 Å². The molecule has 1 aromatic carbocycles. The van der Waals surface area contributed by atoms with E-state index in [1.54, 1.807) is 13.0 Å². The van der Waals surface area contributed by atoms with Gasteiger partial charge in [0.25, 0.3) is 0 Å². The summed E-state index contributed by atoms with van der Waals surface area (Å²) >= 11 is 0.